The van der Waals surface area contributed by atoms with Crippen LogP contribution in [0.25, 0.3) is 10.9 Å². The maximum absolute atomic E-state index is 13.0. The summed E-state index contributed by atoms with van der Waals surface area (Å²) >= 11 is 0. The molecule has 0 bridgehead atoms. The van der Waals surface area contributed by atoms with Gasteiger partial charge in [0, 0.05) is 43.8 Å². The van der Waals surface area contributed by atoms with Crippen molar-refractivity contribution in [3.05, 3.63) is 59.8 Å². The lowest BCUT2D eigenvalue weighted by atomic mass is 10.1. The molecule has 1 aliphatic rings. The molecule has 152 valence electrons. The third-order valence-corrected chi connectivity index (χ3v) is 5.34. The number of hydrogen-bond donors (Lipinski definition) is 1. The molecule has 0 atom stereocenters. The van der Waals surface area contributed by atoms with E-state index in [0.717, 1.165) is 13.0 Å². The highest BCUT2D eigenvalue weighted by molar-refractivity contribution is 5.93. The molecular formula is C23H27N3O3. The zero-order valence-electron chi connectivity index (χ0n) is 17.0. The third-order valence-electron chi connectivity index (χ3n) is 5.34. The molecule has 6 nitrogen and oxygen atoms in total. The van der Waals surface area contributed by atoms with Crippen LogP contribution in [0, 0.1) is 0 Å². The van der Waals surface area contributed by atoms with E-state index in [1.165, 1.54) is 22.0 Å². The number of anilines is 1. The molecule has 29 heavy (non-hydrogen) atoms. The summed E-state index contributed by atoms with van der Waals surface area (Å²) in [5.74, 6) is 0.691. The summed E-state index contributed by atoms with van der Waals surface area (Å²) in [6.45, 7) is 5.25. The Hall–Kier alpha value is -2.99. The quantitative estimate of drug-likeness (QED) is 0.680. The lowest BCUT2D eigenvalue weighted by molar-refractivity contribution is 0.188. The smallest absolute Gasteiger partial charge is 0.322 e. The summed E-state index contributed by atoms with van der Waals surface area (Å²) in [5.41, 5.74) is 4.38. The van der Waals surface area contributed by atoms with Crippen LogP contribution in [-0.2, 0) is 24.2 Å². The number of carbonyl (C=O) groups excluding carboxylic acids is 1. The van der Waals surface area contributed by atoms with Crippen LogP contribution in [0.15, 0.2) is 48.7 Å². The highest BCUT2D eigenvalue weighted by Crippen LogP contribution is 2.30. The zero-order valence-corrected chi connectivity index (χ0v) is 17.0. The molecule has 0 aliphatic carbocycles. The molecule has 0 fully saturated rings. The Morgan fingerprint density at radius 1 is 1.14 bits per heavy atom. The number of amides is 2. The number of urea groups is 1. The Balaban J connectivity index is 1.56. The van der Waals surface area contributed by atoms with E-state index in [1.54, 1.807) is 7.11 Å². The van der Waals surface area contributed by atoms with Gasteiger partial charge in [-0.25, -0.2) is 4.79 Å². The first-order valence-corrected chi connectivity index (χ1v) is 10.1. The molecule has 2 aromatic carbocycles. The monoisotopic (exact) mass is 393 g/mol. The third kappa shape index (κ3) is 3.93. The topological polar surface area (TPSA) is 55.7 Å². The van der Waals surface area contributed by atoms with Crippen molar-refractivity contribution in [2.24, 2.45) is 0 Å². The van der Waals surface area contributed by atoms with Crippen LogP contribution < -0.4 is 10.1 Å². The van der Waals surface area contributed by atoms with Gasteiger partial charge >= 0.3 is 6.03 Å². The second kappa shape index (κ2) is 8.57. The van der Waals surface area contributed by atoms with Crippen LogP contribution in [-0.4, -0.2) is 42.4 Å². The van der Waals surface area contributed by atoms with E-state index in [0.29, 0.717) is 37.7 Å². The summed E-state index contributed by atoms with van der Waals surface area (Å²) < 4.78 is 13.1. The van der Waals surface area contributed by atoms with Gasteiger partial charge in [0.05, 0.1) is 18.9 Å². The van der Waals surface area contributed by atoms with Crippen molar-refractivity contribution < 1.29 is 14.3 Å². The number of rotatable bonds is 6. The van der Waals surface area contributed by atoms with E-state index in [9.17, 15) is 4.79 Å². The second-order valence-electron chi connectivity index (χ2n) is 7.18. The fourth-order valence-corrected chi connectivity index (χ4v) is 3.97. The molecule has 0 unspecified atom stereocenters. The van der Waals surface area contributed by atoms with E-state index in [-0.39, 0.29) is 6.03 Å². The Morgan fingerprint density at radius 2 is 2.00 bits per heavy atom. The SMILES string of the molecule is CCOc1ccccc1NC(=O)N1CCc2cn(CCOC)c3cccc(c23)C1. The van der Waals surface area contributed by atoms with Crippen molar-refractivity contribution in [2.45, 2.75) is 26.4 Å². The van der Waals surface area contributed by atoms with Crippen LogP contribution >= 0.6 is 0 Å². The molecule has 2 amide bonds. The highest BCUT2D eigenvalue weighted by Gasteiger charge is 2.23. The molecule has 1 N–H and O–H groups in total. The minimum Gasteiger partial charge on any atom is -0.492 e. The maximum Gasteiger partial charge on any atom is 0.322 e. The van der Waals surface area contributed by atoms with Crippen molar-refractivity contribution in [1.29, 1.82) is 0 Å². The molecule has 3 aromatic rings. The standard InChI is InChI=1S/C23H27N3O3/c1-3-29-21-10-5-4-8-19(21)24-23(27)26-12-11-18-15-25(13-14-28-2)20-9-6-7-17(16-26)22(18)20/h4-10,15H,3,11-14,16H2,1-2H3,(H,24,27). The van der Waals surface area contributed by atoms with E-state index in [2.05, 4.69) is 34.3 Å². The van der Waals surface area contributed by atoms with Crippen molar-refractivity contribution in [3.8, 4) is 5.75 Å². The summed E-state index contributed by atoms with van der Waals surface area (Å²) in [6.07, 6.45) is 3.03. The molecule has 1 aliphatic heterocycles. The predicted molar refractivity (Wildman–Crippen MR) is 115 cm³/mol. The first kappa shape index (κ1) is 19.3. The summed E-state index contributed by atoms with van der Waals surface area (Å²) in [6, 6.07) is 13.8. The first-order valence-electron chi connectivity index (χ1n) is 10.1. The van der Waals surface area contributed by atoms with Gasteiger partial charge in [0.25, 0.3) is 0 Å². The molecule has 0 saturated heterocycles. The molecular weight excluding hydrogens is 366 g/mol. The Kier molecular flexibility index (Phi) is 5.71. The van der Waals surface area contributed by atoms with Crippen LogP contribution in [0.5, 0.6) is 5.75 Å². The predicted octanol–water partition coefficient (Wildman–Crippen LogP) is 4.28. The number of nitrogens with one attached hydrogen (secondary N) is 1. The molecule has 6 heteroatoms. The van der Waals surface area contributed by atoms with Gasteiger partial charge in [0.2, 0.25) is 0 Å². The highest BCUT2D eigenvalue weighted by atomic mass is 16.5. The Bertz CT molecular complexity index is 1010. The molecule has 2 heterocycles. The molecule has 0 radical (unpaired) electrons. The van der Waals surface area contributed by atoms with Gasteiger partial charge in [-0.3, -0.25) is 0 Å². The van der Waals surface area contributed by atoms with Gasteiger partial charge in [0.15, 0.2) is 0 Å². The van der Waals surface area contributed by atoms with E-state index in [1.807, 2.05) is 36.1 Å². The lowest BCUT2D eigenvalue weighted by Crippen LogP contribution is -2.35. The van der Waals surface area contributed by atoms with Gasteiger partial charge in [-0.15, -0.1) is 0 Å². The summed E-state index contributed by atoms with van der Waals surface area (Å²) in [4.78, 5) is 14.9. The molecule has 1 aromatic heterocycles. The van der Waals surface area contributed by atoms with Crippen molar-refractivity contribution in [1.82, 2.24) is 9.47 Å². The van der Waals surface area contributed by atoms with Gasteiger partial charge < -0.3 is 24.3 Å². The lowest BCUT2D eigenvalue weighted by Gasteiger charge is -2.22. The number of methoxy groups -OCH3 is 1. The second-order valence-corrected chi connectivity index (χ2v) is 7.18. The fourth-order valence-electron chi connectivity index (χ4n) is 3.97. The van der Waals surface area contributed by atoms with Crippen molar-refractivity contribution in [2.75, 3.05) is 32.2 Å². The normalized spacial score (nSPS) is 13.4. The van der Waals surface area contributed by atoms with E-state index < -0.39 is 0 Å². The number of carbonyl (C=O) groups is 1. The van der Waals surface area contributed by atoms with E-state index >= 15 is 0 Å². The average molecular weight is 393 g/mol. The van der Waals surface area contributed by atoms with Crippen LogP contribution in [0.1, 0.15) is 18.1 Å². The zero-order chi connectivity index (χ0) is 20.2. The van der Waals surface area contributed by atoms with E-state index in [4.69, 9.17) is 9.47 Å². The summed E-state index contributed by atoms with van der Waals surface area (Å²) in [5, 5.41) is 4.30. The minimum atomic E-state index is -0.105. The van der Waals surface area contributed by atoms with Gasteiger partial charge in [0.1, 0.15) is 5.75 Å². The summed E-state index contributed by atoms with van der Waals surface area (Å²) in [7, 11) is 1.72. The number of aromatic nitrogens is 1. The average Bonchev–Trinajstić information content (AvgIpc) is 2.98. The largest absolute Gasteiger partial charge is 0.492 e. The Morgan fingerprint density at radius 3 is 2.83 bits per heavy atom. The molecule has 4 rings (SSSR count). The number of benzene rings is 2. The molecule has 0 saturated carbocycles. The van der Waals surface area contributed by atoms with Crippen molar-refractivity contribution >= 4 is 22.6 Å². The number of para-hydroxylation sites is 2. The van der Waals surface area contributed by atoms with Gasteiger partial charge in [-0.05, 0) is 42.7 Å². The van der Waals surface area contributed by atoms with Gasteiger partial charge in [-0.2, -0.15) is 0 Å². The van der Waals surface area contributed by atoms with Crippen LogP contribution in [0.2, 0.25) is 0 Å². The van der Waals surface area contributed by atoms with Gasteiger partial charge in [-0.1, -0.05) is 24.3 Å². The molecule has 0 spiro atoms. The first-order chi connectivity index (χ1) is 14.2. The minimum absolute atomic E-state index is 0.105. The van der Waals surface area contributed by atoms with Crippen molar-refractivity contribution in [3.63, 3.8) is 0 Å². The van der Waals surface area contributed by atoms with Crippen LogP contribution in [0.3, 0.4) is 0 Å². The van der Waals surface area contributed by atoms with Crippen LogP contribution in [0.4, 0.5) is 10.5 Å². The fraction of sp³-hybridized carbons (Fsp3) is 0.348. The number of ether oxygens (including phenoxy) is 2. The number of hydrogen-bond acceptors (Lipinski definition) is 3. The maximum atomic E-state index is 13.0. The number of nitrogens with zero attached hydrogens (tertiary/aromatic N) is 2. The Labute approximate surface area is 171 Å².